The number of amides is 3. The van der Waals surface area contributed by atoms with E-state index in [0.717, 1.165) is 11.3 Å². The number of Topliss-reactive ketones (excluding diaryl/α,β-unsaturated/α-hetero) is 4. The lowest BCUT2D eigenvalue weighted by Gasteiger charge is -2.52. The first-order valence-electron chi connectivity index (χ1n) is 17.7. The third-order valence-corrected chi connectivity index (χ3v) is 11.0. The van der Waals surface area contributed by atoms with Gasteiger partial charge in [-0.05, 0) is 63.7 Å². The number of phenols is 1. The number of carbonyl (C=O) groups excluding carboxylic acids is 8. The summed E-state index contributed by atoms with van der Waals surface area (Å²) < 4.78 is 10.1. The van der Waals surface area contributed by atoms with Crippen LogP contribution in [0.25, 0.3) is 0 Å². The number of esters is 1. The lowest BCUT2D eigenvalue weighted by atomic mass is 9.52. The molecule has 2 unspecified atom stereocenters. The van der Waals surface area contributed by atoms with Crippen molar-refractivity contribution in [1.29, 1.82) is 0 Å². The first kappa shape index (κ1) is 39.3. The maximum atomic E-state index is 14.3. The lowest BCUT2D eigenvalue weighted by molar-refractivity contribution is -0.181. The predicted octanol–water partition coefficient (Wildman–Crippen LogP) is 0.411. The van der Waals surface area contributed by atoms with E-state index in [1.807, 2.05) is 6.92 Å². The Hall–Kier alpha value is -4.90. The van der Waals surface area contributed by atoms with Crippen LogP contribution in [0.5, 0.6) is 5.75 Å². The summed E-state index contributed by atoms with van der Waals surface area (Å²) >= 11 is 0. The number of nitrogens with one attached hydrogen (secondary N) is 1. The van der Waals surface area contributed by atoms with Crippen molar-refractivity contribution in [3.63, 3.8) is 0 Å². The Morgan fingerprint density at radius 3 is 2.28 bits per heavy atom. The molecule has 5 rings (SSSR count). The number of hydrogen-bond donors (Lipinski definition) is 4. The van der Waals surface area contributed by atoms with Gasteiger partial charge in [-0.2, -0.15) is 0 Å². The van der Waals surface area contributed by atoms with Crippen LogP contribution in [0.2, 0.25) is 0 Å². The Balaban J connectivity index is 1.42. The molecule has 4 aliphatic rings. The van der Waals surface area contributed by atoms with Gasteiger partial charge in [0.05, 0.1) is 29.1 Å². The largest absolute Gasteiger partial charge is 0.505 e. The van der Waals surface area contributed by atoms with Crippen molar-refractivity contribution in [2.24, 2.45) is 35.3 Å². The van der Waals surface area contributed by atoms with Crippen LogP contribution in [0.15, 0.2) is 6.07 Å². The molecular weight excluding hydrogens is 694 g/mol. The van der Waals surface area contributed by atoms with E-state index in [9.17, 15) is 48.6 Å². The van der Waals surface area contributed by atoms with E-state index in [1.54, 1.807) is 19.0 Å². The van der Waals surface area contributed by atoms with Crippen LogP contribution >= 0.6 is 0 Å². The molecule has 17 nitrogen and oxygen atoms in total. The summed E-state index contributed by atoms with van der Waals surface area (Å²) in [6, 6.07) is 0.218. The number of aromatic hydroxyl groups is 1. The molecule has 0 spiro atoms. The molecule has 0 saturated heterocycles. The minimum absolute atomic E-state index is 0.0308. The van der Waals surface area contributed by atoms with Crippen LogP contribution in [0.1, 0.15) is 61.4 Å². The number of fused-ring (bicyclic) bond motifs is 3. The van der Waals surface area contributed by atoms with Gasteiger partial charge in [-0.1, -0.05) is 19.8 Å². The summed E-state index contributed by atoms with van der Waals surface area (Å²) in [6.07, 6.45) is 2.56. The highest BCUT2D eigenvalue weighted by molar-refractivity contribution is 6.32. The average Bonchev–Trinajstić information content (AvgIpc) is 3.04. The molecule has 288 valence electrons. The standard InChI is InChI=1S/C36H47N5O12/c1-6-7-11-41(35(50)53-16-52-34(49)17-9-8-10-17)15-23(42)38-21-14-22(39(2)3)19-12-18-13-20-27(40(4)5)30(45)26(33(37)48)32(47)36(20,51)31(46)24(18)29(44)25(19)28(21)43/h14,17-18,20,24,26-27,43,51H,6-13,15-16H2,1-5H3,(H2,37,48)(H,38,42)/t18-,20-,24?,26?,27-,36-/m0/s1. The highest BCUT2D eigenvalue weighted by atomic mass is 16.7. The van der Waals surface area contributed by atoms with Gasteiger partial charge >= 0.3 is 12.1 Å². The average molecular weight is 742 g/mol. The number of rotatable bonds is 12. The van der Waals surface area contributed by atoms with Crippen molar-refractivity contribution < 1.29 is 58.0 Å². The molecule has 0 bridgehead atoms. The number of hydrogen-bond acceptors (Lipinski definition) is 14. The van der Waals surface area contributed by atoms with Crippen molar-refractivity contribution in [2.45, 2.75) is 63.5 Å². The molecule has 53 heavy (non-hydrogen) atoms. The zero-order valence-electron chi connectivity index (χ0n) is 30.5. The molecule has 6 atom stereocenters. The number of ether oxygens (including phenoxy) is 2. The van der Waals surface area contributed by atoms with Gasteiger partial charge in [0.1, 0.15) is 12.3 Å². The molecule has 0 radical (unpaired) electrons. The monoisotopic (exact) mass is 741 g/mol. The predicted molar refractivity (Wildman–Crippen MR) is 186 cm³/mol. The Kier molecular flexibility index (Phi) is 11.3. The third kappa shape index (κ3) is 6.99. The van der Waals surface area contributed by atoms with Crippen LogP contribution in [0, 0.1) is 29.6 Å². The zero-order chi connectivity index (χ0) is 39.1. The van der Waals surface area contributed by atoms with Gasteiger partial charge in [0.25, 0.3) is 0 Å². The Labute approximate surface area is 306 Å². The number of nitrogens with zero attached hydrogens (tertiary/aromatic N) is 3. The molecule has 3 fully saturated rings. The molecule has 3 saturated carbocycles. The van der Waals surface area contributed by atoms with Crippen molar-refractivity contribution in [1.82, 2.24) is 9.80 Å². The van der Waals surface area contributed by atoms with E-state index in [2.05, 4.69) is 5.32 Å². The first-order valence-corrected chi connectivity index (χ1v) is 17.7. The molecular formula is C36H47N5O12. The normalized spacial score (nSPS) is 26.5. The molecule has 0 aliphatic heterocycles. The van der Waals surface area contributed by atoms with E-state index < -0.39 is 101 Å². The number of aliphatic hydroxyl groups is 1. The molecule has 1 aromatic carbocycles. The van der Waals surface area contributed by atoms with Crippen molar-refractivity contribution in [3.8, 4) is 5.75 Å². The van der Waals surface area contributed by atoms with E-state index in [-0.39, 0.29) is 36.6 Å². The van der Waals surface area contributed by atoms with E-state index >= 15 is 0 Å². The summed E-state index contributed by atoms with van der Waals surface area (Å²) in [4.78, 5) is 110. The molecule has 0 heterocycles. The molecule has 3 amide bonds. The number of nitrogens with two attached hydrogens (primary N) is 1. The number of primary amides is 1. The maximum Gasteiger partial charge on any atom is 0.413 e. The fourth-order valence-electron chi connectivity index (χ4n) is 8.08. The molecule has 1 aromatic rings. The fourth-order valence-corrected chi connectivity index (χ4v) is 8.08. The minimum atomic E-state index is -2.88. The van der Waals surface area contributed by atoms with Gasteiger partial charge < -0.3 is 35.6 Å². The summed E-state index contributed by atoms with van der Waals surface area (Å²) in [5.41, 5.74) is 2.77. The van der Waals surface area contributed by atoms with Gasteiger partial charge in [0.15, 0.2) is 34.7 Å². The van der Waals surface area contributed by atoms with Gasteiger partial charge in [-0.25, -0.2) is 4.79 Å². The quantitative estimate of drug-likeness (QED) is 0.0982. The summed E-state index contributed by atoms with van der Waals surface area (Å²) in [5, 5.41) is 25.9. The highest BCUT2D eigenvalue weighted by Crippen LogP contribution is 2.52. The molecule has 5 N–H and O–H groups in total. The van der Waals surface area contributed by atoms with Gasteiger partial charge in [0.2, 0.25) is 18.6 Å². The van der Waals surface area contributed by atoms with E-state index in [1.165, 1.54) is 25.1 Å². The second-order valence-corrected chi connectivity index (χ2v) is 14.8. The van der Waals surface area contributed by atoms with Gasteiger partial charge in [-0.15, -0.1) is 0 Å². The van der Waals surface area contributed by atoms with Crippen molar-refractivity contribution >= 4 is 58.4 Å². The van der Waals surface area contributed by atoms with Gasteiger partial charge in [0, 0.05) is 32.2 Å². The van der Waals surface area contributed by atoms with Crippen LogP contribution in [0.3, 0.4) is 0 Å². The number of carbonyl (C=O) groups is 8. The minimum Gasteiger partial charge on any atom is -0.505 e. The maximum absolute atomic E-state index is 14.3. The second kappa shape index (κ2) is 15.2. The number of benzene rings is 1. The summed E-state index contributed by atoms with van der Waals surface area (Å²) in [6.45, 7) is 0.872. The number of phenolic OH excluding ortho intramolecular Hbond substituents is 1. The molecule has 0 aromatic heterocycles. The number of likely N-dealkylation sites (N-methyl/N-ethyl adjacent to an activating group) is 1. The zero-order valence-corrected chi connectivity index (χ0v) is 30.5. The SMILES string of the molecule is CCCCN(CC(=O)Nc1cc(N(C)C)c2c(c1O)C(=O)C1C(=O)[C@]3(O)C(=O)C(C(N)=O)C(=O)[C@@H](N(C)C)[C@@H]3C[C@@H]1C2)C(=O)OCOC(=O)C1CCC1. The fraction of sp³-hybridized carbons (Fsp3) is 0.611. The van der Waals surface area contributed by atoms with Crippen LogP contribution < -0.4 is 16.0 Å². The first-order chi connectivity index (χ1) is 24.9. The van der Waals surface area contributed by atoms with E-state index in [4.69, 9.17) is 15.2 Å². The second-order valence-electron chi connectivity index (χ2n) is 14.8. The Morgan fingerprint density at radius 1 is 1.04 bits per heavy atom. The number of unbranched alkanes of at least 4 members (excludes halogenated alkanes) is 1. The summed E-state index contributed by atoms with van der Waals surface area (Å²) in [7, 11) is 6.35. The van der Waals surface area contributed by atoms with Crippen LogP contribution in [-0.2, 0) is 44.7 Å². The molecule has 17 heteroatoms. The van der Waals surface area contributed by atoms with Crippen LogP contribution in [0.4, 0.5) is 16.2 Å². The Bertz CT molecular complexity index is 1740. The van der Waals surface area contributed by atoms with Crippen LogP contribution in [-0.4, -0.2) is 127 Å². The third-order valence-electron chi connectivity index (χ3n) is 11.0. The molecule has 4 aliphatic carbocycles. The van der Waals surface area contributed by atoms with E-state index in [0.29, 0.717) is 36.9 Å². The number of anilines is 2. The Morgan fingerprint density at radius 2 is 1.72 bits per heavy atom. The smallest absolute Gasteiger partial charge is 0.413 e. The number of ketones is 4. The van der Waals surface area contributed by atoms with Crippen molar-refractivity contribution in [2.75, 3.05) is 58.3 Å². The highest BCUT2D eigenvalue weighted by Gasteiger charge is 2.69. The lowest BCUT2D eigenvalue weighted by Crippen LogP contribution is -2.74. The topological polar surface area (TPSA) is 243 Å². The van der Waals surface area contributed by atoms with Gasteiger partial charge in [-0.3, -0.25) is 43.4 Å². The van der Waals surface area contributed by atoms with Crippen molar-refractivity contribution in [3.05, 3.63) is 17.2 Å². The summed E-state index contributed by atoms with van der Waals surface area (Å²) in [5.74, 6) is -13.5.